The Balaban J connectivity index is 3.42. The van der Waals surface area contributed by atoms with Crippen LogP contribution in [0.5, 0.6) is 0 Å². The molecule has 7 heteroatoms. The quantitative estimate of drug-likeness (QED) is 0.769. The summed E-state index contributed by atoms with van der Waals surface area (Å²) in [5.74, 6) is -1.08. The van der Waals surface area contributed by atoms with Gasteiger partial charge >= 0.3 is 11.7 Å². The second-order valence-electron chi connectivity index (χ2n) is 4.73. The van der Waals surface area contributed by atoms with Crippen LogP contribution in [0.2, 0.25) is 0 Å². The van der Waals surface area contributed by atoms with Gasteiger partial charge in [-0.3, -0.25) is 18.7 Å². The first-order valence-corrected chi connectivity index (χ1v) is 5.54. The fraction of sp³-hybridized carbons (Fsp3) is 0.545. The van der Waals surface area contributed by atoms with Crippen molar-refractivity contribution in [3.63, 3.8) is 0 Å². The summed E-state index contributed by atoms with van der Waals surface area (Å²) in [6.07, 6.45) is 1.27. The summed E-state index contributed by atoms with van der Waals surface area (Å²) in [4.78, 5) is 34.8. The van der Waals surface area contributed by atoms with Crippen LogP contribution in [-0.4, -0.2) is 20.2 Å². The minimum Gasteiger partial charge on any atom is -0.481 e. The van der Waals surface area contributed by atoms with E-state index in [1.807, 2.05) is 0 Å². The molecule has 0 spiro atoms. The van der Waals surface area contributed by atoms with Gasteiger partial charge in [-0.05, 0) is 20.8 Å². The second-order valence-corrected chi connectivity index (χ2v) is 4.73. The van der Waals surface area contributed by atoms with Crippen molar-refractivity contribution in [2.45, 2.75) is 33.9 Å². The van der Waals surface area contributed by atoms with Crippen molar-refractivity contribution in [1.29, 1.82) is 0 Å². The molecule has 0 unspecified atom stereocenters. The van der Waals surface area contributed by atoms with E-state index >= 15 is 0 Å². The molecule has 0 saturated heterocycles. The van der Waals surface area contributed by atoms with Gasteiger partial charge in [0.2, 0.25) is 0 Å². The SMILES string of the molecule is CCn1cc(N)c(=O)n(CC(C)(C)C(=O)O)c1=O. The number of aromatic nitrogens is 2. The van der Waals surface area contributed by atoms with Crippen molar-refractivity contribution < 1.29 is 9.90 Å². The Kier molecular flexibility index (Phi) is 3.64. The van der Waals surface area contributed by atoms with Crippen molar-refractivity contribution in [3.05, 3.63) is 27.0 Å². The largest absolute Gasteiger partial charge is 0.481 e. The van der Waals surface area contributed by atoms with Crippen molar-refractivity contribution in [3.8, 4) is 0 Å². The van der Waals surface area contributed by atoms with Gasteiger partial charge in [0.1, 0.15) is 5.69 Å². The van der Waals surface area contributed by atoms with Crippen molar-refractivity contribution >= 4 is 11.7 Å². The van der Waals surface area contributed by atoms with Crippen LogP contribution >= 0.6 is 0 Å². The smallest absolute Gasteiger partial charge is 0.331 e. The Labute approximate surface area is 103 Å². The van der Waals surface area contributed by atoms with E-state index in [9.17, 15) is 14.4 Å². The van der Waals surface area contributed by atoms with E-state index < -0.39 is 22.6 Å². The summed E-state index contributed by atoms with van der Waals surface area (Å²) in [6, 6.07) is 0. The van der Waals surface area contributed by atoms with Gasteiger partial charge in [0.25, 0.3) is 5.56 Å². The van der Waals surface area contributed by atoms with Crippen LogP contribution in [0, 0.1) is 5.41 Å². The number of hydrogen-bond donors (Lipinski definition) is 2. The highest BCUT2D eigenvalue weighted by atomic mass is 16.4. The third-order valence-corrected chi connectivity index (χ3v) is 2.74. The van der Waals surface area contributed by atoms with Gasteiger partial charge in [-0.15, -0.1) is 0 Å². The zero-order valence-electron chi connectivity index (χ0n) is 10.6. The minimum atomic E-state index is -1.22. The maximum absolute atomic E-state index is 12.0. The standard InChI is InChI=1S/C11H17N3O4/c1-4-13-5-7(12)8(15)14(10(13)18)6-11(2,3)9(16)17/h5H,4,6,12H2,1-3H3,(H,16,17). The Morgan fingerprint density at radius 3 is 2.44 bits per heavy atom. The van der Waals surface area contributed by atoms with Gasteiger partial charge in [0.15, 0.2) is 0 Å². The number of nitrogen functional groups attached to an aromatic ring is 1. The molecule has 0 amide bonds. The minimum absolute atomic E-state index is 0.0716. The number of aryl methyl sites for hydroxylation is 1. The molecule has 0 bridgehead atoms. The molecular formula is C11H17N3O4. The molecule has 100 valence electrons. The third kappa shape index (κ3) is 2.44. The van der Waals surface area contributed by atoms with Crippen LogP contribution in [0.25, 0.3) is 0 Å². The Bertz CT molecular complexity index is 583. The Morgan fingerprint density at radius 1 is 1.44 bits per heavy atom. The number of carboxylic acid groups (broad SMARTS) is 1. The number of rotatable bonds is 4. The van der Waals surface area contributed by atoms with Crippen molar-refractivity contribution in [2.24, 2.45) is 5.41 Å². The second kappa shape index (κ2) is 4.67. The lowest BCUT2D eigenvalue weighted by Crippen LogP contribution is -2.45. The number of nitrogens with zero attached hydrogens (tertiary/aromatic N) is 2. The van der Waals surface area contributed by atoms with E-state index in [4.69, 9.17) is 10.8 Å². The fourth-order valence-corrected chi connectivity index (χ4v) is 1.50. The van der Waals surface area contributed by atoms with E-state index in [1.54, 1.807) is 6.92 Å². The fourth-order valence-electron chi connectivity index (χ4n) is 1.50. The maximum atomic E-state index is 12.0. The number of nitrogens with two attached hydrogens (primary N) is 1. The Hall–Kier alpha value is -2.05. The summed E-state index contributed by atoms with van der Waals surface area (Å²) in [5, 5.41) is 9.02. The molecule has 18 heavy (non-hydrogen) atoms. The molecule has 1 aromatic rings. The molecule has 0 aliphatic heterocycles. The number of anilines is 1. The lowest BCUT2D eigenvalue weighted by atomic mass is 9.94. The highest BCUT2D eigenvalue weighted by Crippen LogP contribution is 2.16. The van der Waals surface area contributed by atoms with Gasteiger partial charge in [-0.25, -0.2) is 4.79 Å². The molecule has 0 aromatic carbocycles. The number of carbonyl (C=O) groups is 1. The topological polar surface area (TPSA) is 107 Å². The van der Waals surface area contributed by atoms with Crippen molar-refractivity contribution in [1.82, 2.24) is 9.13 Å². The zero-order chi connectivity index (χ0) is 14.1. The zero-order valence-corrected chi connectivity index (χ0v) is 10.6. The van der Waals surface area contributed by atoms with Gasteiger partial charge in [-0.1, -0.05) is 0 Å². The molecule has 1 aromatic heterocycles. The summed E-state index contributed by atoms with van der Waals surface area (Å²) in [5.41, 5.74) is 3.03. The molecule has 1 rings (SSSR count). The predicted octanol–water partition coefficient (Wildman–Crippen LogP) is -0.277. The van der Waals surface area contributed by atoms with Crippen LogP contribution < -0.4 is 17.0 Å². The molecule has 0 atom stereocenters. The monoisotopic (exact) mass is 255 g/mol. The number of carboxylic acids is 1. The first kappa shape index (κ1) is 14.0. The van der Waals surface area contributed by atoms with E-state index in [1.165, 1.54) is 24.6 Å². The first-order valence-electron chi connectivity index (χ1n) is 5.54. The van der Waals surface area contributed by atoms with Crippen LogP contribution in [0.1, 0.15) is 20.8 Å². The molecule has 0 fully saturated rings. The lowest BCUT2D eigenvalue weighted by Gasteiger charge is -2.20. The van der Waals surface area contributed by atoms with Gasteiger partial charge in [0.05, 0.1) is 5.41 Å². The molecule has 3 N–H and O–H groups in total. The summed E-state index contributed by atoms with van der Waals surface area (Å²) in [7, 11) is 0. The first-order chi connectivity index (χ1) is 8.20. The molecule has 7 nitrogen and oxygen atoms in total. The average Bonchev–Trinajstić information content (AvgIpc) is 2.29. The number of hydrogen-bond acceptors (Lipinski definition) is 4. The maximum Gasteiger partial charge on any atom is 0.331 e. The highest BCUT2D eigenvalue weighted by Gasteiger charge is 2.29. The van der Waals surface area contributed by atoms with Gasteiger partial charge in [-0.2, -0.15) is 0 Å². The molecule has 1 heterocycles. The van der Waals surface area contributed by atoms with Crippen LogP contribution in [0.15, 0.2) is 15.8 Å². The summed E-state index contributed by atoms with van der Waals surface area (Å²) in [6.45, 7) is 4.77. The molecular weight excluding hydrogens is 238 g/mol. The predicted molar refractivity (Wildman–Crippen MR) is 66.5 cm³/mol. The highest BCUT2D eigenvalue weighted by molar-refractivity contribution is 5.73. The third-order valence-electron chi connectivity index (χ3n) is 2.74. The van der Waals surface area contributed by atoms with Crippen LogP contribution in [-0.2, 0) is 17.9 Å². The van der Waals surface area contributed by atoms with Crippen molar-refractivity contribution in [2.75, 3.05) is 5.73 Å². The van der Waals surface area contributed by atoms with E-state index in [-0.39, 0.29) is 12.2 Å². The molecule has 0 saturated carbocycles. The lowest BCUT2D eigenvalue weighted by molar-refractivity contribution is -0.147. The molecule has 0 radical (unpaired) electrons. The Morgan fingerprint density at radius 2 is 2.00 bits per heavy atom. The van der Waals surface area contributed by atoms with E-state index in [0.717, 1.165) is 4.57 Å². The normalized spacial score (nSPS) is 11.5. The summed E-state index contributed by atoms with van der Waals surface area (Å²) < 4.78 is 2.14. The molecule has 0 aliphatic rings. The number of aliphatic carboxylic acids is 1. The summed E-state index contributed by atoms with van der Waals surface area (Å²) >= 11 is 0. The van der Waals surface area contributed by atoms with Crippen LogP contribution in [0.3, 0.4) is 0 Å². The van der Waals surface area contributed by atoms with Gasteiger partial charge < -0.3 is 10.8 Å². The van der Waals surface area contributed by atoms with Gasteiger partial charge in [0, 0.05) is 19.3 Å². The van der Waals surface area contributed by atoms with Crippen LogP contribution in [0.4, 0.5) is 5.69 Å². The van der Waals surface area contributed by atoms with E-state index in [2.05, 4.69) is 0 Å². The molecule has 0 aliphatic carbocycles. The average molecular weight is 255 g/mol. The van der Waals surface area contributed by atoms with E-state index in [0.29, 0.717) is 6.54 Å².